The summed E-state index contributed by atoms with van der Waals surface area (Å²) in [7, 11) is 0. The third kappa shape index (κ3) is 3.11. The van der Waals surface area contributed by atoms with E-state index in [9.17, 15) is 9.50 Å². The molecule has 18 heavy (non-hydrogen) atoms. The molecule has 1 aliphatic carbocycles. The number of aryl methyl sites for hydroxylation is 1. The molecule has 1 unspecified atom stereocenters. The summed E-state index contributed by atoms with van der Waals surface area (Å²) in [5.74, 6) is 0.356. The second kappa shape index (κ2) is 5.40. The van der Waals surface area contributed by atoms with Gasteiger partial charge in [0, 0.05) is 0 Å². The number of hydrogen-bond donors (Lipinski definition) is 1. The fourth-order valence-corrected chi connectivity index (χ4v) is 3.00. The van der Waals surface area contributed by atoms with E-state index in [-0.39, 0.29) is 5.82 Å². The quantitative estimate of drug-likeness (QED) is 0.847. The molecular formula is C16H23FO. The maximum atomic E-state index is 13.6. The van der Waals surface area contributed by atoms with Crippen LogP contribution in [0.3, 0.4) is 0 Å². The van der Waals surface area contributed by atoms with Crippen LogP contribution in [-0.2, 0) is 5.60 Å². The SMILES string of the molecule is Cc1ccc(C(C)(O)CC2CCCCC2)cc1F. The maximum Gasteiger partial charge on any atom is 0.126 e. The highest BCUT2D eigenvalue weighted by Crippen LogP contribution is 2.35. The van der Waals surface area contributed by atoms with Crippen molar-refractivity contribution >= 4 is 0 Å². The van der Waals surface area contributed by atoms with Crippen LogP contribution in [0.2, 0.25) is 0 Å². The Morgan fingerprint density at radius 2 is 1.94 bits per heavy atom. The van der Waals surface area contributed by atoms with E-state index >= 15 is 0 Å². The number of hydrogen-bond acceptors (Lipinski definition) is 1. The number of halogens is 1. The van der Waals surface area contributed by atoms with Crippen LogP contribution in [-0.4, -0.2) is 5.11 Å². The average Bonchev–Trinajstić information content (AvgIpc) is 2.33. The molecule has 0 spiro atoms. The molecular weight excluding hydrogens is 227 g/mol. The first-order valence-electron chi connectivity index (χ1n) is 6.98. The molecule has 0 heterocycles. The Morgan fingerprint density at radius 1 is 1.28 bits per heavy atom. The highest BCUT2D eigenvalue weighted by Gasteiger charge is 2.28. The van der Waals surface area contributed by atoms with Gasteiger partial charge in [-0.3, -0.25) is 0 Å². The van der Waals surface area contributed by atoms with E-state index in [0.29, 0.717) is 17.0 Å². The molecule has 0 aromatic heterocycles. The van der Waals surface area contributed by atoms with Crippen molar-refractivity contribution in [2.24, 2.45) is 5.92 Å². The molecule has 0 radical (unpaired) electrons. The zero-order valence-electron chi connectivity index (χ0n) is 11.4. The first-order chi connectivity index (χ1) is 8.49. The summed E-state index contributed by atoms with van der Waals surface area (Å²) in [6, 6.07) is 5.08. The predicted octanol–water partition coefficient (Wildman–Crippen LogP) is 4.31. The van der Waals surface area contributed by atoms with E-state index in [1.54, 1.807) is 13.0 Å². The molecule has 1 fully saturated rings. The molecule has 2 rings (SSSR count). The van der Waals surface area contributed by atoms with Crippen LogP contribution >= 0.6 is 0 Å². The van der Waals surface area contributed by atoms with Crippen LogP contribution in [0.25, 0.3) is 0 Å². The van der Waals surface area contributed by atoms with Gasteiger partial charge in [-0.15, -0.1) is 0 Å². The number of benzene rings is 1. The van der Waals surface area contributed by atoms with E-state index in [0.717, 1.165) is 6.42 Å². The molecule has 1 atom stereocenters. The fourth-order valence-electron chi connectivity index (χ4n) is 3.00. The number of rotatable bonds is 3. The molecule has 1 nitrogen and oxygen atoms in total. The molecule has 1 aliphatic rings. The van der Waals surface area contributed by atoms with Crippen molar-refractivity contribution in [3.8, 4) is 0 Å². The molecule has 0 aliphatic heterocycles. The summed E-state index contributed by atoms with van der Waals surface area (Å²) < 4.78 is 13.6. The van der Waals surface area contributed by atoms with Crippen LogP contribution < -0.4 is 0 Å². The van der Waals surface area contributed by atoms with Crippen LogP contribution in [0.4, 0.5) is 4.39 Å². The lowest BCUT2D eigenvalue weighted by Crippen LogP contribution is -2.26. The summed E-state index contributed by atoms with van der Waals surface area (Å²) >= 11 is 0. The van der Waals surface area contributed by atoms with Crippen molar-refractivity contribution in [3.05, 3.63) is 35.1 Å². The molecule has 1 saturated carbocycles. The molecule has 0 saturated heterocycles. The van der Waals surface area contributed by atoms with E-state index in [2.05, 4.69) is 0 Å². The molecule has 0 bridgehead atoms. The summed E-state index contributed by atoms with van der Waals surface area (Å²) in [6.07, 6.45) is 6.99. The Bertz CT molecular complexity index is 406. The summed E-state index contributed by atoms with van der Waals surface area (Å²) in [5.41, 5.74) is 0.430. The van der Waals surface area contributed by atoms with Gasteiger partial charge in [0.15, 0.2) is 0 Å². The highest BCUT2D eigenvalue weighted by atomic mass is 19.1. The van der Waals surface area contributed by atoms with Gasteiger partial charge in [0.2, 0.25) is 0 Å². The molecule has 100 valence electrons. The van der Waals surface area contributed by atoms with Gasteiger partial charge in [-0.25, -0.2) is 4.39 Å². The van der Waals surface area contributed by atoms with Gasteiger partial charge in [-0.05, 0) is 43.4 Å². The van der Waals surface area contributed by atoms with Crippen molar-refractivity contribution < 1.29 is 9.50 Å². The highest BCUT2D eigenvalue weighted by molar-refractivity contribution is 5.27. The average molecular weight is 250 g/mol. The van der Waals surface area contributed by atoms with Crippen molar-refractivity contribution in [2.75, 3.05) is 0 Å². The Kier molecular flexibility index (Phi) is 4.06. The summed E-state index contributed by atoms with van der Waals surface area (Å²) in [6.45, 7) is 3.56. The number of aliphatic hydroxyl groups is 1. The van der Waals surface area contributed by atoms with Crippen LogP contribution in [0.1, 0.15) is 56.6 Å². The van der Waals surface area contributed by atoms with Gasteiger partial charge in [-0.2, -0.15) is 0 Å². The van der Waals surface area contributed by atoms with Gasteiger partial charge in [0.05, 0.1) is 5.60 Å². The van der Waals surface area contributed by atoms with E-state index in [1.807, 2.05) is 13.0 Å². The van der Waals surface area contributed by atoms with Gasteiger partial charge in [0.1, 0.15) is 5.82 Å². The smallest absolute Gasteiger partial charge is 0.126 e. The summed E-state index contributed by atoms with van der Waals surface area (Å²) in [4.78, 5) is 0. The third-order valence-electron chi connectivity index (χ3n) is 4.20. The second-order valence-electron chi connectivity index (χ2n) is 5.95. The molecule has 1 aromatic rings. The molecule has 1 aromatic carbocycles. The topological polar surface area (TPSA) is 20.2 Å². The van der Waals surface area contributed by atoms with Gasteiger partial charge in [-0.1, -0.05) is 44.2 Å². The minimum Gasteiger partial charge on any atom is -0.385 e. The summed E-state index contributed by atoms with van der Waals surface area (Å²) in [5, 5.41) is 10.6. The van der Waals surface area contributed by atoms with Crippen molar-refractivity contribution in [3.63, 3.8) is 0 Å². The van der Waals surface area contributed by atoms with Crippen molar-refractivity contribution in [2.45, 2.75) is 58.0 Å². The Balaban J connectivity index is 2.10. The molecule has 2 heteroatoms. The van der Waals surface area contributed by atoms with Crippen molar-refractivity contribution in [1.82, 2.24) is 0 Å². The predicted molar refractivity (Wildman–Crippen MR) is 71.9 cm³/mol. The molecule has 0 amide bonds. The maximum absolute atomic E-state index is 13.6. The lowest BCUT2D eigenvalue weighted by atomic mass is 9.79. The van der Waals surface area contributed by atoms with Crippen LogP contribution in [0.15, 0.2) is 18.2 Å². The lowest BCUT2D eigenvalue weighted by molar-refractivity contribution is 0.0235. The minimum atomic E-state index is -0.906. The first kappa shape index (κ1) is 13.5. The van der Waals surface area contributed by atoms with Crippen LogP contribution in [0.5, 0.6) is 0 Å². The monoisotopic (exact) mass is 250 g/mol. The van der Waals surface area contributed by atoms with E-state index in [4.69, 9.17) is 0 Å². The van der Waals surface area contributed by atoms with E-state index < -0.39 is 5.60 Å². The van der Waals surface area contributed by atoms with E-state index in [1.165, 1.54) is 38.2 Å². The second-order valence-corrected chi connectivity index (χ2v) is 5.95. The Labute approximate surface area is 109 Å². The normalized spacial score (nSPS) is 20.7. The standard InChI is InChI=1S/C16H23FO/c1-12-8-9-14(10-15(12)17)16(2,18)11-13-6-4-3-5-7-13/h8-10,13,18H,3-7,11H2,1-2H3. The van der Waals surface area contributed by atoms with Gasteiger partial charge < -0.3 is 5.11 Å². The third-order valence-corrected chi connectivity index (χ3v) is 4.20. The minimum absolute atomic E-state index is 0.226. The zero-order valence-corrected chi connectivity index (χ0v) is 11.4. The molecule has 1 N–H and O–H groups in total. The van der Waals surface area contributed by atoms with Crippen LogP contribution in [0, 0.1) is 18.7 Å². The largest absolute Gasteiger partial charge is 0.385 e. The Morgan fingerprint density at radius 3 is 2.56 bits per heavy atom. The van der Waals surface area contributed by atoms with Gasteiger partial charge in [0.25, 0.3) is 0 Å². The lowest BCUT2D eigenvalue weighted by Gasteiger charge is -2.31. The fraction of sp³-hybridized carbons (Fsp3) is 0.625. The van der Waals surface area contributed by atoms with Gasteiger partial charge >= 0.3 is 0 Å². The Hall–Kier alpha value is -0.890. The zero-order chi connectivity index (χ0) is 13.2. The first-order valence-corrected chi connectivity index (χ1v) is 6.98. The van der Waals surface area contributed by atoms with Crippen molar-refractivity contribution in [1.29, 1.82) is 0 Å².